The minimum Gasteiger partial charge on any atom is -0.388 e. The molecule has 5 heteroatoms. The molecule has 0 atom stereocenters. The Hall–Kier alpha value is -0.810. The van der Waals surface area contributed by atoms with Crippen LogP contribution in [0.3, 0.4) is 0 Å². The van der Waals surface area contributed by atoms with E-state index in [0.717, 1.165) is 16.5 Å². The van der Waals surface area contributed by atoms with Crippen LogP contribution in [0.2, 0.25) is 0 Å². The van der Waals surface area contributed by atoms with Gasteiger partial charge in [-0.1, -0.05) is 23.9 Å². The fraction of sp³-hybridized carbons (Fsp3) is 0.600. The standard InChI is InChI=1S/C10H15N3OS/c1-7(2)6-15-10-12-11-9(5-14)13(10)8-3-4-8/h8,14H,1,3-6H2,2H3. The molecule has 0 amide bonds. The maximum absolute atomic E-state index is 9.14. The maximum atomic E-state index is 9.14. The number of thioether (sulfide) groups is 1. The van der Waals surface area contributed by atoms with Crippen molar-refractivity contribution < 1.29 is 5.11 Å². The van der Waals surface area contributed by atoms with Gasteiger partial charge in [0.15, 0.2) is 11.0 Å². The number of hydrogen-bond acceptors (Lipinski definition) is 4. The van der Waals surface area contributed by atoms with Crippen molar-refractivity contribution in [1.82, 2.24) is 14.8 Å². The number of hydrogen-bond donors (Lipinski definition) is 1. The van der Waals surface area contributed by atoms with E-state index in [4.69, 9.17) is 5.11 Å². The van der Waals surface area contributed by atoms with E-state index in [-0.39, 0.29) is 6.61 Å². The number of nitrogens with zero attached hydrogens (tertiary/aromatic N) is 3. The Labute approximate surface area is 93.4 Å². The summed E-state index contributed by atoms with van der Waals surface area (Å²) >= 11 is 1.64. The summed E-state index contributed by atoms with van der Waals surface area (Å²) in [6.07, 6.45) is 2.34. The van der Waals surface area contributed by atoms with Crippen LogP contribution in [0, 0.1) is 0 Å². The molecule has 1 aliphatic rings. The first kappa shape index (κ1) is 10.7. The van der Waals surface area contributed by atoms with Gasteiger partial charge < -0.3 is 9.67 Å². The number of rotatable bonds is 5. The summed E-state index contributed by atoms with van der Waals surface area (Å²) < 4.78 is 2.06. The predicted octanol–water partition coefficient (Wildman–Crippen LogP) is 1.77. The molecule has 0 aromatic carbocycles. The van der Waals surface area contributed by atoms with E-state index in [9.17, 15) is 0 Å². The van der Waals surface area contributed by atoms with E-state index in [2.05, 4.69) is 21.3 Å². The van der Waals surface area contributed by atoms with Crippen molar-refractivity contribution in [2.75, 3.05) is 5.75 Å². The fourth-order valence-corrected chi connectivity index (χ4v) is 2.27. The largest absolute Gasteiger partial charge is 0.388 e. The van der Waals surface area contributed by atoms with Crippen molar-refractivity contribution in [3.8, 4) is 0 Å². The summed E-state index contributed by atoms with van der Waals surface area (Å²) in [5.74, 6) is 1.54. The van der Waals surface area contributed by atoms with Gasteiger partial charge in [0.25, 0.3) is 0 Å². The highest BCUT2D eigenvalue weighted by Gasteiger charge is 2.29. The topological polar surface area (TPSA) is 50.9 Å². The highest BCUT2D eigenvalue weighted by atomic mass is 32.2. The zero-order valence-electron chi connectivity index (χ0n) is 8.81. The molecule has 1 saturated carbocycles. The monoisotopic (exact) mass is 225 g/mol. The van der Waals surface area contributed by atoms with Gasteiger partial charge >= 0.3 is 0 Å². The average Bonchev–Trinajstić information content (AvgIpc) is 2.96. The molecule has 0 unspecified atom stereocenters. The molecule has 82 valence electrons. The Balaban J connectivity index is 2.15. The summed E-state index contributed by atoms with van der Waals surface area (Å²) in [5, 5.41) is 18.1. The van der Waals surface area contributed by atoms with E-state index < -0.39 is 0 Å². The summed E-state index contributed by atoms with van der Waals surface area (Å²) in [5.41, 5.74) is 1.12. The highest BCUT2D eigenvalue weighted by molar-refractivity contribution is 7.99. The van der Waals surface area contributed by atoms with E-state index >= 15 is 0 Å². The Morgan fingerprint density at radius 3 is 2.87 bits per heavy atom. The first-order valence-corrected chi connectivity index (χ1v) is 6.02. The lowest BCUT2D eigenvalue weighted by atomic mass is 10.4. The molecular weight excluding hydrogens is 210 g/mol. The van der Waals surface area contributed by atoms with Crippen molar-refractivity contribution in [1.29, 1.82) is 0 Å². The molecule has 1 fully saturated rings. The van der Waals surface area contributed by atoms with Crippen LogP contribution in [0.4, 0.5) is 0 Å². The van der Waals surface area contributed by atoms with Gasteiger partial charge in [-0.05, 0) is 19.8 Å². The van der Waals surface area contributed by atoms with Crippen molar-refractivity contribution in [2.45, 2.75) is 37.6 Å². The van der Waals surface area contributed by atoms with Crippen molar-refractivity contribution in [3.05, 3.63) is 18.0 Å². The lowest BCUT2D eigenvalue weighted by molar-refractivity contribution is 0.263. The zero-order valence-corrected chi connectivity index (χ0v) is 9.63. The molecule has 0 saturated heterocycles. The quantitative estimate of drug-likeness (QED) is 0.613. The van der Waals surface area contributed by atoms with Crippen LogP contribution in [-0.4, -0.2) is 25.6 Å². The number of aliphatic hydroxyl groups is 1. The third kappa shape index (κ3) is 2.41. The second-order valence-electron chi connectivity index (χ2n) is 3.90. The Bertz CT molecular complexity index is 371. The summed E-state index contributed by atoms with van der Waals surface area (Å²) in [6.45, 7) is 5.83. The van der Waals surface area contributed by atoms with Crippen molar-refractivity contribution in [2.24, 2.45) is 0 Å². The average molecular weight is 225 g/mol. The normalized spacial score (nSPS) is 15.6. The van der Waals surface area contributed by atoms with Gasteiger partial charge in [-0.25, -0.2) is 0 Å². The first-order valence-electron chi connectivity index (χ1n) is 5.04. The Kier molecular flexibility index (Phi) is 3.11. The molecule has 0 radical (unpaired) electrons. The van der Waals surface area contributed by atoms with Crippen LogP contribution in [0.25, 0.3) is 0 Å². The second-order valence-corrected chi connectivity index (χ2v) is 4.85. The molecule has 1 aliphatic carbocycles. The molecule has 0 bridgehead atoms. The summed E-state index contributed by atoms with van der Waals surface area (Å²) in [4.78, 5) is 0. The molecule has 1 aromatic rings. The smallest absolute Gasteiger partial charge is 0.191 e. The van der Waals surface area contributed by atoms with Crippen molar-refractivity contribution >= 4 is 11.8 Å². The molecular formula is C10H15N3OS. The summed E-state index contributed by atoms with van der Waals surface area (Å²) in [6, 6.07) is 0.509. The Morgan fingerprint density at radius 2 is 2.33 bits per heavy atom. The molecule has 1 N–H and O–H groups in total. The van der Waals surface area contributed by atoms with Crippen LogP contribution in [0.5, 0.6) is 0 Å². The highest BCUT2D eigenvalue weighted by Crippen LogP contribution is 2.38. The van der Waals surface area contributed by atoms with E-state index in [1.165, 1.54) is 12.8 Å². The third-order valence-electron chi connectivity index (χ3n) is 2.24. The van der Waals surface area contributed by atoms with Crippen LogP contribution in [0.15, 0.2) is 17.3 Å². The van der Waals surface area contributed by atoms with Crippen molar-refractivity contribution in [3.63, 3.8) is 0 Å². The molecule has 0 aliphatic heterocycles. The zero-order chi connectivity index (χ0) is 10.8. The Morgan fingerprint density at radius 1 is 1.60 bits per heavy atom. The van der Waals surface area contributed by atoms with Crippen LogP contribution < -0.4 is 0 Å². The molecule has 0 spiro atoms. The fourth-order valence-electron chi connectivity index (χ4n) is 1.40. The third-order valence-corrected chi connectivity index (χ3v) is 3.41. The van der Waals surface area contributed by atoms with Gasteiger partial charge in [-0.3, -0.25) is 0 Å². The van der Waals surface area contributed by atoms with E-state index in [1.807, 2.05) is 6.92 Å². The predicted molar refractivity (Wildman–Crippen MR) is 59.8 cm³/mol. The number of aliphatic hydroxyl groups excluding tert-OH is 1. The van der Waals surface area contributed by atoms with Gasteiger partial charge in [0.2, 0.25) is 0 Å². The lowest BCUT2D eigenvalue weighted by Gasteiger charge is -2.06. The van der Waals surface area contributed by atoms with Gasteiger partial charge in [-0.2, -0.15) is 0 Å². The second kappa shape index (κ2) is 4.37. The van der Waals surface area contributed by atoms with Gasteiger partial charge in [-0.15, -0.1) is 10.2 Å². The van der Waals surface area contributed by atoms with Crippen LogP contribution in [0.1, 0.15) is 31.6 Å². The minimum atomic E-state index is -0.0306. The summed E-state index contributed by atoms with van der Waals surface area (Å²) in [7, 11) is 0. The molecule has 4 nitrogen and oxygen atoms in total. The van der Waals surface area contributed by atoms with Gasteiger partial charge in [0, 0.05) is 11.8 Å². The maximum Gasteiger partial charge on any atom is 0.191 e. The molecule has 1 aromatic heterocycles. The van der Waals surface area contributed by atoms with Crippen LogP contribution in [-0.2, 0) is 6.61 Å². The lowest BCUT2D eigenvalue weighted by Crippen LogP contribution is -2.03. The molecule has 1 heterocycles. The number of aromatic nitrogens is 3. The first-order chi connectivity index (χ1) is 7.22. The van der Waals surface area contributed by atoms with E-state index in [0.29, 0.717) is 11.9 Å². The molecule has 15 heavy (non-hydrogen) atoms. The van der Waals surface area contributed by atoms with Crippen LogP contribution >= 0.6 is 11.8 Å². The van der Waals surface area contributed by atoms with Gasteiger partial charge in [0.1, 0.15) is 6.61 Å². The minimum absolute atomic E-state index is 0.0306. The van der Waals surface area contributed by atoms with E-state index in [1.54, 1.807) is 11.8 Å². The SMILES string of the molecule is C=C(C)CSc1nnc(CO)n1C1CC1. The molecule has 2 rings (SSSR count). The van der Waals surface area contributed by atoms with Gasteiger partial charge in [0.05, 0.1) is 0 Å².